The Morgan fingerprint density at radius 1 is 1.24 bits per heavy atom. The van der Waals surface area contributed by atoms with Gasteiger partial charge in [0.15, 0.2) is 0 Å². The standard InChI is InChI=1S/C16H29N3O2/c1-11(15(20)17-2)10-19(3)16(21)14-9-8-12-6-4-5-7-13(12)18-14/h11-14,18H,4-10H2,1-3H3,(H,17,20). The zero-order valence-corrected chi connectivity index (χ0v) is 13.5. The van der Waals surface area contributed by atoms with Gasteiger partial charge in [-0.2, -0.15) is 0 Å². The van der Waals surface area contributed by atoms with Crippen molar-refractivity contribution >= 4 is 11.8 Å². The summed E-state index contributed by atoms with van der Waals surface area (Å²) in [6.45, 7) is 2.33. The van der Waals surface area contributed by atoms with Crippen LogP contribution in [0.2, 0.25) is 0 Å². The quantitative estimate of drug-likeness (QED) is 0.817. The van der Waals surface area contributed by atoms with Gasteiger partial charge in [0, 0.05) is 26.7 Å². The van der Waals surface area contributed by atoms with E-state index in [4.69, 9.17) is 0 Å². The average molecular weight is 295 g/mol. The molecule has 0 aromatic heterocycles. The minimum atomic E-state index is -0.171. The molecule has 1 saturated carbocycles. The minimum Gasteiger partial charge on any atom is -0.359 e. The van der Waals surface area contributed by atoms with E-state index in [2.05, 4.69) is 10.6 Å². The first-order valence-electron chi connectivity index (χ1n) is 8.25. The Balaban J connectivity index is 1.86. The van der Waals surface area contributed by atoms with Crippen molar-refractivity contribution in [1.82, 2.24) is 15.5 Å². The van der Waals surface area contributed by atoms with Gasteiger partial charge < -0.3 is 15.5 Å². The van der Waals surface area contributed by atoms with E-state index in [1.807, 2.05) is 6.92 Å². The second-order valence-corrected chi connectivity index (χ2v) is 6.68. The highest BCUT2D eigenvalue weighted by molar-refractivity contribution is 5.83. The Labute approximate surface area is 127 Å². The first-order valence-corrected chi connectivity index (χ1v) is 8.25. The maximum atomic E-state index is 12.6. The summed E-state index contributed by atoms with van der Waals surface area (Å²) in [6, 6.07) is 0.456. The molecular formula is C16H29N3O2. The van der Waals surface area contributed by atoms with Crippen LogP contribution in [0.25, 0.3) is 0 Å². The van der Waals surface area contributed by atoms with Gasteiger partial charge in [0.25, 0.3) is 0 Å². The smallest absolute Gasteiger partial charge is 0.239 e. The van der Waals surface area contributed by atoms with Crippen molar-refractivity contribution in [2.75, 3.05) is 20.6 Å². The molecule has 1 saturated heterocycles. The number of carbonyl (C=O) groups excluding carboxylic acids is 2. The van der Waals surface area contributed by atoms with E-state index < -0.39 is 0 Å². The van der Waals surface area contributed by atoms with Crippen molar-refractivity contribution in [3.63, 3.8) is 0 Å². The zero-order chi connectivity index (χ0) is 15.4. The molecule has 2 fully saturated rings. The SMILES string of the molecule is CNC(=O)C(C)CN(C)C(=O)C1CCC2CCCCC2N1. The summed E-state index contributed by atoms with van der Waals surface area (Å²) in [6.07, 6.45) is 7.21. The molecule has 120 valence electrons. The van der Waals surface area contributed by atoms with E-state index in [9.17, 15) is 9.59 Å². The van der Waals surface area contributed by atoms with Gasteiger partial charge in [-0.05, 0) is 31.6 Å². The summed E-state index contributed by atoms with van der Waals surface area (Å²) in [5.74, 6) is 0.709. The Morgan fingerprint density at radius 3 is 2.67 bits per heavy atom. The molecule has 0 bridgehead atoms. The van der Waals surface area contributed by atoms with E-state index in [1.165, 1.54) is 25.7 Å². The van der Waals surface area contributed by atoms with E-state index in [1.54, 1.807) is 19.0 Å². The number of carbonyl (C=O) groups is 2. The number of likely N-dealkylation sites (N-methyl/N-ethyl adjacent to an activating group) is 1. The summed E-state index contributed by atoms with van der Waals surface area (Å²) >= 11 is 0. The summed E-state index contributed by atoms with van der Waals surface area (Å²) in [7, 11) is 3.43. The molecule has 4 unspecified atom stereocenters. The topological polar surface area (TPSA) is 61.4 Å². The second kappa shape index (κ2) is 7.25. The maximum Gasteiger partial charge on any atom is 0.239 e. The normalized spacial score (nSPS) is 30.1. The lowest BCUT2D eigenvalue weighted by atomic mass is 9.77. The van der Waals surface area contributed by atoms with Crippen LogP contribution in [0.1, 0.15) is 45.4 Å². The number of piperidine rings is 1. The van der Waals surface area contributed by atoms with Crippen molar-refractivity contribution in [2.45, 2.75) is 57.5 Å². The highest BCUT2D eigenvalue weighted by atomic mass is 16.2. The molecule has 2 rings (SSSR count). The summed E-state index contributed by atoms with van der Waals surface area (Å²) in [5.41, 5.74) is 0. The van der Waals surface area contributed by atoms with E-state index >= 15 is 0 Å². The van der Waals surface area contributed by atoms with Crippen LogP contribution in [0.5, 0.6) is 0 Å². The third-order valence-corrected chi connectivity index (χ3v) is 5.07. The van der Waals surface area contributed by atoms with Crippen LogP contribution < -0.4 is 10.6 Å². The largest absolute Gasteiger partial charge is 0.359 e. The predicted octanol–water partition coefficient (Wildman–Crippen LogP) is 1.14. The van der Waals surface area contributed by atoms with Gasteiger partial charge in [-0.1, -0.05) is 19.8 Å². The van der Waals surface area contributed by atoms with Crippen molar-refractivity contribution < 1.29 is 9.59 Å². The molecule has 21 heavy (non-hydrogen) atoms. The van der Waals surface area contributed by atoms with E-state index in [-0.39, 0.29) is 23.8 Å². The van der Waals surface area contributed by atoms with Crippen LogP contribution in [0.4, 0.5) is 0 Å². The fourth-order valence-corrected chi connectivity index (χ4v) is 3.79. The van der Waals surface area contributed by atoms with Crippen LogP contribution in [0.15, 0.2) is 0 Å². The molecule has 1 aliphatic carbocycles. The molecule has 2 amide bonds. The summed E-state index contributed by atoms with van der Waals surface area (Å²) in [5, 5.41) is 6.19. The molecule has 4 atom stereocenters. The molecule has 1 heterocycles. The van der Waals surface area contributed by atoms with Gasteiger partial charge >= 0.3 is 0 Å². The minimum absolute atomic E-state index is 0.0152. The number of nitrogens with one attached hydrogen (secondary N) is 2. The summed E-state index contributed by atoms with van der Waals surface area (Å²) < 4.78 is 0. The zero-order valence-electron chi connectivity index (χ0n) is 13.5. The monoisotopic (exact) mass is 295 g/mol. The van der Waals surface area contributed by atoms with Gasteiger partial charge in [-0.3, -0.25) is 9.59 Å². The molecule has 0 aromatic rings. The Morgan fingerprint density at radius 2 is 1.95 bits per heavy atom. The number of hydrogen-bond donors (Lipinski definition) is 2. The lowest BCUT2D eigenvalue weighted by Gasteiger charge is -2.41. The molecule has 1 aliphatic heterocycles. The maximum absolute atomic E-state index is 12.6. The van der Waals surface area contributed by atoms with Crippen LogP contribution in [0.3, 0.4) is 0 Å². The van der Waals surface area contributed by atoms with Gasteiger partial charge in [0.1, 0.15) is 0 Å². The molecule has 0 radical (unpaired) electrons. The first kappa shape index (κ1) is 16.3. The lowest BCUT2D eigenvalue weighted by Crippen LogP contribution is -2.55. The van der Waals surface area contributed by atoms with Gasteiger partial charge in [-0.15, -0.1) is 0 Å². The van der Waals surface area contributed by atoms with Crippen LogP contribution in [-0.2, 0) is 9.59 Å². The van der Waals surface area contributed by atoms with Gasteiger partial charge in [-0.25, -0.2) is 0 Å². The fraction of sp³-hybridized carbons (Fsp3) is 0.875. The van der Waals surface area contributed by atoms with Crippen LogP contribution in [-0.4, -0.2) is 49.4 Å². The Hall–Kier alpha value is -1.10. The number of hydrogen-bond acceptors (Lipinski definition) is 3. The molecule has 5 heteroatoms. The van der Waals surface area contributed by atoms with Gasteiger partial charge in [0.2, 0.25) is 11.8 Å². The third kappa shape index (κ3) is 3.96. The van der Waals surface area contributed by atoms with Crippen molar-refractivity contribution in [2.24, 2.45) is 11.8 Å². The average Bonchev–Trinajstić information content (AvgIpc) is 2.52. The van der Waals surface area contributed by atoms with Crippen LogP contribution in [0, 0.1) is 11.8 Å². The number of rotatable bonds is 4. The fourth-order valence-electron chi connectivity index (χ4n) is 3.79. The Bertz CT molecular complexity index is 386. The van der Waals surface area contributed by atoms with E-state index in [0.29, 0.717) is 12.6 Å². The number of amides is 2. The summed E-state index contributed by atoms with van der Waals surface area (Å²) in [4.78, 5) is 25.8. The lowest BCUT2D eigenvalue weighted by molar-refractivity contribution is -0.135. The number of fused-ring (bicyclic) bond motifs is 1. The molecule has 2 aliphatic rings. The molecule has 5 nitrogen and oxygen atoms in total. The molecule has 2 N–H and O–H groups in total. The van der Waals surface area contributed by atoms with Crippen molar-refractivity contribution in [3.8, 4) is 0 Å². The molecular weight excluding hydrogens is 266 g/mol. The third-order valence-electron chi connectivity index (χ3n) is 5.07. The van der Waals surface area contributed by atoms with Crippen LogP contribution >= 0.6 is 0 Å². The highest BCUT2D eigenvalue weighted by Crippen LogP contribution is 2.32. The first-order chi connectivity index (χ1) is 10.0. The second-order valence-electron chi connectivity index (χ2n) is 6.68. The van der Waals surface area contributed by atoms with E-state index in [0.717, 1.165) is 18.8 Å². The van der Waals surface area contributed by atoms with Crippen molar-refractivity contribution in [3.05, 3.63) is 0 Å². The molecule has 0 spiro atoms. The molecule has 0 aromatic carbocycles. The number of nitrogens with zero attached hydrogens (tertiary/aromatic N) is 1. The highest BCUT2D eigenvalue weighted by Gasteiger charge is 2.35. The Kier molecular flexibility index (Phi) is 5.62. The van der Waals surface area contributed by atoms with Gasteiger partial charge in [0.05, 0.1) is 12.0 Å². The predicted molar refractivity (Wildman–Crippen MR) is 82.8 cm³/mol. The van der Waals surface area contributed by atoms with Crippen molar-refractivity contribution in [1.29, 1.82) is 0 Å².